The van der Waals surface area contributed by atoms with Gasteiger partial charge in [0.1, 0.15) is 11.6 Å². The molecule has 1 heterocycles. The maximum atomic E-state index is 13.5. The predicted octanol–water partition coefficient (Wildman–Crippen LogP) is 2.24. The van der Waals surface area contributed by atoms with Crippen molar-refractivity contribution in [2.45, 2.75) is 19.3 Å². The Kier molecular flexibility index (Phi) is 4.42. The molecule has 1 aliphatic carbocycles. The molecule has 2 aliphatic rings. The molecule has 1 fully saturated rings. The number of allylic oxidation sites excluding steroid dienone is 2. The summed E-state index contributed by atoms with van der Waals surface area (Å²) < 4.78 is 26.3. The molecular weight excluding hydrogens is 318 g/mol. The molecule has 24 heavy (non-hydrogen) atoms. The lowest BCUT2D eigenvalue weighted by molar-refractivity contribution is -0.140. The average molecular weight is 334 g/mol. The summed E-state index contributed by atoms with van der Waals surface area (Å²) in [5.41, 5.74) is -0.140. The van der Waals surface area contributed by atoms with E-state index in [0.29, 0.717) is 18.9 Å². The molecule has 1 aliphatic heterocycles. The largest absolute Gasteiger partial charge is 0.324 e. The molecule has 1 aromatic rings. The van der Waals surface area contributed by atoms with Crippen LogP contribution in [0.3, 0.4) is 0 Å². The number of halogens is 2. The summed E-state index contributed by atoms with van der Waals surface area (Å²) in [6.45, 7) is -0.0423. The first-order valence-electron chi connectivity index (χ1n) is 7.72. The molecule has 126 valence electrons. The van der Waals surface area contributed by atoms with Gasteiger partial charge in [-0.2, -0.15) is 0 Å². The van der Waals surface area contributed by atoms with E-state index in [1.165, 1.54) is 0 Å². The second-order valence-corrected chi connectivity index (χ2v) is 5.91. The number of hydrogen-bond donors (Lipinski definition) is 1. The highest BCUT2D eigenvalue weighted by atomic mass is 19.1. The number of imide groups is 1. The number of amides is 3. The third kappa shape index (κ3) is 3.06. The van der Waals surface area contributed by atoms with Crippen LogP contribution in [-0.4, -0.2) is 29.2 Å². The van der Waals surface area contributed by atoms with Crippen molar-refractivity contribution in [3.05, 3.63) is 42.0 Å². The van der Waals surface area contributed by atoms with Crippen molar-refractivity contribution < 1.29 is 23.2 Å². The lowest BCUT2D eigenvalue weighted by Gasteiger charge is -2.14. The van der Waals surface area contributed by atoms with Gasteiger partial charge in [-0.3, -0.25) is 19.3 Å². The van der Waals surface area contributed by atoms with Crippen LogP contribution in [0.25, 0.3) is 0 Å². The summed E-state index contributed by atoms with van der Waals surface area (Å²) in [7, 11) is 0. The van der Waals surface area contributed by atoms with Crippen LogP contribution >= 0.6 is 0 Å². The number of nitrogens with one attached hydrogen (secondary N) is 1. The average Bonchev–Trinajstić information content (AvgIpc) is 2.80. The first-order chi connectivity index (χ1) is 11.5. The quantitative estimate of drug-likeness (QED) is 0.678. The number of rotatable bonds is 4. The molecule has 0 radical (unpaired) electrons. The van der Waals surface area contributed by atoms with Gasteiger partial charge in [-0.05, 0) is 25.0 Å². The Labute approximate surface area is 137 Å². The first kappa shape index (κ1) is 16.3. The molecule has 3 amide bonds. The zero-order valence-electron chi connectivity index (χ0n) is 12.8. The summed E-state index contributed by atoms with van der Waals surface area (Å²) >= 11 is 0. The van der Waals surface area contributed by atoms with E-state index in [9.17, 15) is 23.2 Å². The number of anilines is 1. The Bertz CT molecular complexity index is 707. The summed E-state index contributed by atoms with van der Waals surface area (Å²) in [5.74, 6) is -3.34. The van der Waals surface area contributed by atoms with Crippen LogP contribution in [0.2, 0.25) is 0 Å². The van der Waals surface area contributed by atoms with Gasteiger partial charge < -0.3 is 5.32 Å². The summed E-state index contributed by atoms with van der Waals surface area (Å²) in [6, 6.07) is 2.82. The molecule has 1 N–H and O–H groups in total. The number of likely N-dealkylation sites (tertiary alicyclic amines) is 1. The van der Waals surface area contributed by atoms with Gasteiger partial charge in [0.25, 0.3) is 0 Å². The molecule has 5 nitrogen and oxygen atoms in total. The van der Waals surface area contributed by atoms with E-state index in [4.69, 9.17) is 0 Å². The fourth-order valence-electron chi connectivity index (χ4n) is 3.11. The van der Waals surface area contributed by atoms with Gasteiger partial charge in [0.05, 0.1) is 17.5 Å². The smallest absolute Gasteiger partial charge is 0.233 e. The SMILES string of the molecule is O=C(CCN1C(=O)C2CC=CCC2C1=O)Nc1ccc(F)cc1F. The molecule has 2 atom stereocenters. The highest BCUT2D eigenvalue weighted by Gasteiger charge is 2.46. The Balaban J connectivity index is 1.58. The summed E-state index contributed by atoms with van der Waals surface area (Å²) in [5, 5.41) is 2.31. The minimum Gasteiger partial charge on any atom is -0.324 e. The molecule has 3 rings (SSSR count). The lowest BCUT2D eigenvalue weighted by Crippen LogP contribution is -2.34. The highest BCUT2D eigenvalue weighted by Crippen LogP contribution is 2.35. The lowest BCUT2D eigenvalue weighted by atomic mass is 9.85. The van der Waals surface area contributed by atoms with Crippen molar-refractivity contribution in [1.29, 1.82) is 0 Å². The number of fused-ring (bicyclic) bond motifs is 1. The summed E-state index contributed by atoms with van der Waals surface area (Å²) in [6.07, 6.45) is 4.72. The van der Waals surface area contributed by atoms with Crippen molar-refractivity contribution >= 4 is 23.4 Å². The minimum atomic E-state index is -0.881. The van der Waals surface area contributed by atoms with Gasteiger partial charge in [-0.15, -0.1) is 0 Å². The van der Waals surface area contributed by atoms with E-state index in [1.54, 1.807) is 0 Å². The van der Waals surface area contributed by atoms with Crippen molar-refractivity contribution in [3.8, 4) is 0 Å². The van der Waals surface area contributed by atoms with E-state index < -0.39 is 17.5 Å². The Hall–Kier alpha value is -2.57. The van der Waals surface area contributed by atoms with Crippen LogP contribution in [0.1, 0.15) is 19.3 Å². The predicted molar refractivity (Wildman–Crippen MR) is 81.7 cm³/mol. The monoisotopic (exact) mass is 334 g/mol. The molecule has 1 aromatic carbocycles. The van der Waals surface area contributed by atoms with Crippen LogP contribution in [0.5, 0.6) is 0 Å². The van der Waals surface area contributed by atoms with Crippen molar-refractivity contribution in [3.63, 3.8) is 0 Å². The topological polar surface area (TPSA) is 66.5 Å². The van der Waals surface area contributed by atoms with Crippen molar-refractivity contribution in [2.24, 2.45) is 11.8 Å². The third-order valence-corrected chi connectivity index (χ3v) is 4.37. The van der Waals surface area contributed by atoms with E-state index in [1.807, 2.05) is 12.2 Å². The Morgan fingerprint density at radius 1 is 1.12 bits per heavy atom. The number of benzene rings is 1. The van der Waals surface area contributed by atoms with Crippen molar-refractivity contribution in [1.82, 2.24) is 4.90 Å². The molecular formula is C17H16F2N2O3. The van der Waals surface area contributed by atoms with Crippen LogP contribution in [-0.2, 0) is 14.4 Å². The maximum absolute atomic E-state index is 13.5. The van der Waals surface area contributed by atoms with Gasteiger partial charge in [0, 0.05) is 19.0 Å². The maximum Gasteiger partial charge on any atom is 0.233 e. The molecule has 7 heteroatoms. The van der Waals surface area contributed by atoms with E-state index in [0.717, 1.165) is 17.0 Å². The number of carbonyl (C=O) groups is 3. The van der Waals surface area contributed by atoms with Crippen LogP contribution in [0.15, 0.2) is 30.4 Å². The standard InChI is InChI=1S/C17H16F2N2O3/c18-10-5-6-14(13(19)9-10)20-15(22)7-8-21-16(23)11-3-1-2-4-12(11)17(21)24/h1-2,5-6,9,11-12H,3-4,7-8H2,(H,20,22). The molecule has 1 saturated heterocycles. The van der Waals surface area contributed by atoms with Crippen LogP contribution < -0.4 is 5.32 Å². The van der Waals surface area contributed by atoms with E-state index in [-0.39, 0.29) is 42.3 Å². The van der Waals surface area contributed by atoms with Gasteiger partial charge >= 0.3 is 0 Å². The molecule has 0 saturated carbocycles. The summed E-state index contributed by atoms with van der Waals surface area (Å²) in [4.78, 5) is 37.5. The first-order valence-corrected chi connectivity index (χ1v) is 7.72. The Morgan fingerprint density at radius 2 is 1.75 bits per heavy atom. The minimum absolute atomic E-state index is 0.0423. The number of nitrogens with zero attached hydrogens (tertiary/aromatic N) is 1. The van der Waals surface area contributed by atoms with Crippen LogP contribution in [0.4, 0.5) is 14.5 Å². The van der Waals surface area contributed by atoms with E-state index in [2.05, 4.69) is 5.32 Å². The fourth-order valence-corrected chi connectivity index (χ4v) is 3.11. The molecule has 0 bridgehead atoms. The highest BCUT2D eigenvalue weighted by molar-refractivity contribution is 6.05. The van der Waals surface area contributed by atoms with Crippen LogP contribution in [0, 0.1) is 23.5 Å². The zero-order chi connectivity index (χ0) is 17.3. The van der Waals surface area contributed by atoms with E-state index >= 15 is 0 Å². The fraction of sp³-hybridized carbons (Fsp3) is 0.353. The Morgan fingerprint density at radius 3 is 2.33 bits per heavy atom. The second-order valence-electron chi connectivity index (χ2n) is 5.91. The van der Waals surface area contributed by atoms with Gasteiger partial charge in [-0.1, -0.05) is 12.2 Å². The molecule has 0 aromatic heterocycles. The number of hydrogen-bond acceptors (Lipinski definition) is 3. The normalized spacial score (nSPS) is 22.7. The number of carbonyl (C=O) groups excluding carboxylic acids is 3. The molecule has 0 spiro atoms. The second kappa shape index (κ2) is 6.51. The van der Waals surface area contributed by atoms with Crippen molar-refractivity contribution in [2.75, 3.05) is 11.9 Å². The molecule has 2 unspecified atom stereocenters. The van der Waals surface area contributed by atoms with Gasteiger partial charge in [0.15, 0.2) is 0 Å². The third-order valence-electron chi connectivity index (χ3n) is 4.37. The van der Waals surface area contributed by atoms with Gasteiger partial charge in [-0.25, -0.2) is 8.78 Å². The van der Waals surface area contributed by atoms with Gasteiger partial charge in [0.2, 0.25) is 17.7 Å². The zero-order valence-corrected chi connectivity index (χ0v) is 12.8.